The van der Waals surface area contributed by atoms with Crippen molar-refractivity contribution in [3.05, 3.63) is 0 Å². The van der Waals surface area contributed by atoms with E-state index in [0.717, 1.165) is 45.6 Å². The van der Waals surface area contributed by atoms with Crippen LogP contribution in [0.5, 0.6) is 0 Å². The summed E-state index contributed by atoms with van der Waals surface area (Å²) in [7, 11) is 0. The SMILES string of the molecule is CCC(C)NC(=O)CN1CCCN(CCN)CC1. The van der Waals surface area contributed by atoms with Crippen LogP contribution in [-0.2, 0) is 4.79 Å². The van der Waals surface area contributed by atoms with Crippen molar-refractivity contribution in [2.24, 2.45) is 5.73 Å². The molecule has 0 aromatic carbocycles. The third kappa shape index (κ3) is 5.80. The fraction of sp³-hybridized carbons (Fsp3) is 0.923. The Labute approximate surface area is 111 Å². The molecule has 18 heavy (non-hydrogen) atoms. The lowest BCUT2D eigenvalue weighted by atomic mass is 10.2. The number of rotatable bonds is 6. The fourth-order valence-electron chi connectivity index (χ4n) is 2.21. The molecule has 1 amide bonds. The molecule has 1 heterocycles. The normalized spacial score (nSPS) is 20.4. The zero-order valence-electron chi connectivity index (χ0n) is 11.8. The van der Waals surface area contributed by atoms with Crippen LogP contribution in [0.25, 0.3) is 0 Å². The number of nitrogens with one attached hydrogen (secondary N) is 1. The van der Waals surface area contributed by atoms with Gasteiger partial charge in [0.15, 0.2) is 0 Å². The molecule has 1 aliphatic heterocycles. The van der Waals surface area contributed by atoms with Crippen LogP contribution in [0.2, 0.25) is 0 Å². The predicted molar refractivity (Wildman–Crippen MR) is 74.4 cm³/mol. The largest absolute Gasteiger partial charge is 0.353 e. The minimum Gasteiger partial charge on any atom is -0.353 e. The smallest absolute Gasteiger partial charge is 0.234 e. The van der Waals surface area contributed by atoms with Gasteiger partial charge in [-0.05, 0) is 32.9 Å². The number of amides is 1. The average molecular weight is 256 g/mol. The predicted octanol–water partition coefficient (Wildman–Crippen LogP) is -0.132. The van der Waals surface area contributed by atoms with Crippen molar-refractivity contribution in [1.29, 1.82) is 0 Å². The number of nitrogens with two attached hydrogens (primary N) is 1. The van der Waals surface area contributed by atoms with Gasteiger partial charge in [-0.25, -0.2) is 0 Å². The maximum Gasteiger partial charge on any atom is 0.234 e. The number of carbonyl (C=O) groups is 1. The van der Waals surface area contributed by atoms with Crippen LogP contribution in [-0.4, -0.2) is 67.6 Å². The lowest BCUT2D eigenvalue weighted by molar-refractivity contribution is -0.122. The highest BCUT2D eigenvalue weighted by atomic mass is 16.2. The fourth-order valence-corrected chi connectivity index (χ4v) is 2.21. The van der Waals surface area contributed by atoms with Gasteiger partial charge in [0.1, 0.15) is 0 Å². The quantitative estimate of drug-likeness (QED) is 0.695. The van der Waals surface area contributed by atoms with Gasteiger partial charge in [-0.15, -0.1) is 0 Å². The Morgan fingerprint density at radius 1 is 1.28 bits per heavy atom. The molecule has 0 radical (unpaired) electrons. The summed E-state index contributed by atoms with van der Waals surface area (Å²) in [5, 5.41) is 3.02. The summed E-state index contributed by atoms with van der Waals surface area (Å²) in [5.41, 5.74) is 5.58. The van der Waals surface area contributed by atoms with Gasteiger partial charge in [0.25, 0.3) is 0 Å². The summed E-state index contributed by atoms with van der Waals surface area (Å²) in [6.07, 6.45) is 2.10. The Morgan fingerprint density at radius 3 is 2.61 bits per heavy atom. The number of hydrogen-bond acceptors (Lipinski definition) is 4. The van der Waals surface area contributed by atoms with Crippen LogP contribution in [0.4, 0.5) is 0 Å². The zero-order chi connectivity index (χ0) is 13.4. The Balaban J connectivity index is 2.28. The van der Waals surface area contributed by atoms with E-state index in [1.54, 1.807) is 0 Å². The van der Waals surface area contributed by atoms with Gasteiger partial charge in [-0.2, -0.15) is 0 Å². The third-order valence-electron chi connectivity index (χ3n) is 3.51. The molecule has 0 spiro atoms. The molecule has 0 aromatic heterocycles. The van der Waals surface area contributed by atoms with E-state index in [2.05, 4.69) is 22.0 Å². The average Bonchev–Trinajstić information content (AvgIpc) is 2.55. The molecular weight excluding hydrogens is 228 g/mol. The van der Waals surface area contributed by atoms with Crippen molar-refractivity contribution in [2.75, 3.05) is 45.8 Å². The monoisotopic (exact) mass is 256 g/mol. The zero-order valence-corrected chi connectivity index (χ0v) is 11.8. The van der Waals surface area contributed by atoms with Crippen LogP contribution in [0.3, 0.4) is 0 Å². The minimum absolute atomic E-state index is 0.150. The lowest BCUT2D eigenvalue weighted by Gasteiger charge is -2.21. The Morgan fingerprint density at radius 2 is 1.94 bits per heavy atom. The molecule has 0 saturated carbocycles. The second kappa shape index (κ2) is 8.45. The maximum atomic E-state index is 11.8. The summed E-state index contributed by atoms with van der Waals surface area (Å²) in [6, 6.07) is 0.276. The highest BCUT2D eigenvalue weighted by Gasteiger charge is 2.16. The molecule has 1 rings (SSSR count). The molecular formula is C13H28N4O. The Bertz CT molecular complexity index is 247. The van der Waals surface area contributed by atoms with Crippen molar-refractivity contribution < 1.29 is 4.79 Å². The van der Waals surface area contributed by atoms with Crippen LogP contribution >= 0.6 is 0 Å². The Kier molecular flexibility index (Phi) is 7.23. The first-order valence-corrected chi connectivity index (χ1v) is 7.09. The van der Waals surface area contributed by atoms with Gasteiger partial charge in [0.05, 0.1) is 6.54 Å². The van der Waals surface area contributed by atoms with Crippen molar-refractivity contribution in [1.82, 2.24) is 15.1 Å². The van der Waals surface area contributed by atoms with Crippen LogP contribution in [0.15, 0.2) is 0 Å². The summed E-state index contributed by atoms with van der Waals surface area (Å²) in [4.78, 5) is 16.4. The molecule has 1 aliphatic rings. The summed E-state index contributed by atoms with van der Waals surface area (Å²) >= 11 is 0. The van der Waals surface area contributed by atoms with E-state index in [4.69, 9.17) is 5.73 Å². The van der Waals surface area contributed by atoms with Crippen molar-refractivity contribution in [3.63, 3.8) is 0 Å². The van der Waals surface area contributed by atoms with Gasteiger partial charge in [0, 0.05) is 32.2 Å². The van der Waals surface area contributed by atoms with E-state index in [-0.39, 0.29) is 11.9 Å². The Hall–Kier alpha value is -0.650. The van der Waals surface area contributed by atoms with Gasteiger partial charge in [-0.1, -0.05) is 6.92 Å². The van der Waals surface area contributed by atoms with E-state index >= 15 is 0 Å². The molecule has 3 N–H and O–H groups in total. The first-order chi connectivity index (χ1) is 8.65. The first kappa shape index (κ1) is 15.4. The molecule has 5 nitrogen and oxygen atoms in total. The van der Waals surface area contributed by atoms with Crippen LogP contribution < -0.4 is 11.1 Å². The van der Waals surface area contributed by atoms with Crippen molar-refractivity contribution in [2.45, 2.75) is 32.7 Å². The van der Waals surface area contributed by atoms with E-state index < -0.39 is 0 Å². The standard InChI is InChI=1S/C13H28N4O/c1-3-12(2)15-13(18)11-17-7-4-6-16(8-5-14)9-10-17/h12H,3-11,14H2,1-2H3,(H,15,18). The molecule has 0 bridgehead atoms. The van der Waals surface area contributed by atoms with Gasteiger partial charge in [0.2, 0.25) is 5.91 Å². The molecule has 1 atom stereocenters. The molecule has 1 saturated heterocycles. The summed E-state index contributed by atoms with van der Waals surface area (Å²) in [5.74, 6) is 0.150. The minimum atomic E-state index is 0.150. The second-order valence-electron chi connectivity index (χ2n) is 5.14. The third-order valence-corrected chi connectivity index (χ3v) is 3.51. The molecule has 0 aliphatic carbocycles. The number of carbonyl (C=O) groups excluding carboxylic acids is 1. The van der Waals surface area contributed by atoms with E-state index in [0.29, 0.717) is 13.1 Å². The number of nitrogens with zero attached hydrogens (tertiary/aromatic N) is 2. The van der Waals surface area contributed by atoms with Gasteiger partial charge >= 0.3 is 0 Å². The summed E-state index contributed by atoms with van der Waals surface area (Å²) < 4.78 is 0. The topological polar surface area (TPSA) is 61.6 Å². The molecule has 0 aromatic rings. The van der Waals surface area contributed by atoms with Crippen molar-refractivity contribution in [3.8, 4) is 0 Å². The van der Waals surface area contributed by atoms with Crippen LogP contribution in [0.1, 0.15) is 26.7 Å². The maximum absolute atomic E-state index is 11.8. The second-order valence-corrected chi connectivity index (χ2v) is 5.14. The van der Waals surface area contributed by atoms with Gasteiger partial charge in [-0.3, -0.25) is 9.69 Å². The first-order valence-electron chi connectivity index (χ1n) is 7.09. The highest BCUT2D eigenvalue weighted by Crippen LogP contribution is 2.02. The van der Waals surface area contributed by atoms with Gasteiger partial charge < -0.3 is 16.0 Å². The molecule has 5 heteroatoms. The molecule has 106 valence electrons. The van der Waals surface area contributed by atoms with Crippen molar-refractivity contribution >= 4 is 5.91 Å². The number of hydrogen-bond donors (Lipinski definition) is 2. The lowest BCUT2D eigenvalue weighted by Crippen LogP contribution is -2.42. The van der Waals surface area contributed by atoms with Crippen LogP contribution in [0, 0.1) is 0 Å². The van der Waals surface area contributed by atoms with E-state index in [1.807, 2.05) is 6.92 Å². The molecule has 1 fully saturated rings. The molecule has 1 unspecified atom stereocenters. The highest BCUT2D eigenvalue weighted by molar-refractivity contribution is 5.78. The van der Waals surface area contributed by atoms with E-state index in [1.165, 1.54) is 0 Å². The summed E-state index contributed by atoms with van der Waals surface area (Å²) in [6.45, 7) is 10.4. The van der Waals surface area contributed by atoms with E-state index in [9.17, 15) is 4.79 Å².